The van der Waals surface area contributed by atoms with Gasteiger partial charge in [-0.3, -0.25) is 4.79 Å². The molecule has 1 aliphatic rings. The molecule has 1 fully saturated rings. The molecule has 132 valence electrons. The average Bonchev–Trinajstić information content (AvgIpc) is 3.23. The monoisotopic (exact) mass is 353 g/mol. The molecule has 3 aromatic rings. The first-order valence-corrected chi connectivity index (χ1v) is 8.19. The Kier molecular flexibility index (Phi) is 4.26. The molecule has 1 amide bonds. The third kappa shape index (κ3) is 3.23. The summed E-state index contributed by atoms with van der Waals surface area (Å²) < 4.78 is 14.5. The van der Waals surface area contributed by atoms with Crippen LogP contribution in [0.2, 0.25) is 0 Å². The van der Waals surface area contributed by atoms with Crippen LogP contribution in [0.1, 0.15) is 10.5 Å². The molecule has 4 rings (SSSR count). The van der Waals surface area contributed by atoms with E-state index >= 15 is 0 Å². The second kappa shape index (κ2) is 6.87. The molecule has 0 bridgehead atoms. The Morgan fingerprint density at radius 1 is 0.962 bits per heavy atom. The van der Waals surface area contributed by atoms with Gasteiger partial charge in [0.1, 0.15) is 18.5 Å². The van der Waals surface area contributed by atoms with Gasteiger partial charge in [-0.2, -0.15) is 5.10 Å². The number of carbonyl (C=O) groups is 1. The fraction of sp³-hybridized carbons (Fsp3) is 0.235. The van der Waals surface area contributed by atoms with E-state index in [2.05, 4.69) is 25.2 Å². The van der Waals surface area contributed by atoms with Crippen LogP contribution in [0.3, 0.4) is 0 Å². The van der Waals surface area contributed by atoms with Crippen molar-refractivity contribution in [2.75, 3.05) is 31.1 Å². The molecule has 9 heteroatoms. The predicted octanol–water partition coefficient (Wildman–Crippen LogP) is 1.16. The number of nitrogens with zero attached hydrogens (tertiary/aromatic N) is 7. The molecule has 1 aromatic carbocycles. The number of amides is 1. The molecule has 0 radical (unpaired) electrons. The summed E-state index contributed by atoms with van der Waals surface area (Å²) in [5, 5.41) is 12.0. The smallest absolute Gasteiger partial charge is 0.274 e. The van der Waals surface area contributed by atoms with Crippen LogP contribution in [-0.2, 0) is 0 Å². The molecular weight excluding hydrogens is 337 g/mol. The molecule has 3 heterocycles. The van der Waals surface area contributed by atoms with Crippen LogP contribution in [0.5, 0.6) is 0 Å². The first-order valence-electron chi connectivity index (χ1n) is 8.19. The van der Waals surface area contributed by atoms with E-state index in [-0.39, 0.29) is 11.7 Å². The quantitative estimate of drug-likeness (QED) is 0.703. The summed E-state index contributed by atoms with van der Waals surface area (Å²) in [4.78, 5) is 20.3. The highest BCUT2D eigenvalue weighted by atomic mass is 19.1. The summed E-state index contributed by atoms with van der Waals surface area (Å²) in [7, 11) is 0. The number of halogens is 1. The van der Waals surface area contributed by atoms with Gasteiger partial charge in [0.05, 0.1) is 0 Å². The van der Waals surface area contributed by atoms with Gasteiger partial charge in [0.25, 0.3) is 5.91 Å². The number of anilines is 1. The van der Waals surface area contributed by atoms with Gasteiger partial charge in [-0.25, -0.2) is 14.1 Å². The van der Waals surface area contributed by atoms with E-state index in [0.717, 1.165) is 5.69 Å². The van der Waals surface area contributed by atoms with E-state index in [9.17, 15) is 9.18 Å². The lowest BCUT2D eigenvalue weighted by Gasteiger charge is -2.35. The Morgan fingerprint density at radius 2 is 1.73 bits per heavy atom. The Morgan fingerprint density at radius 3 is 2.35 bits per heavy atom. The van der Waals surface area contributed by atoms with Crippen molar-refractivity contribution in [3.63, 3.8) is 0 Å². The van der Waals surface area contributed by atoms with Gasteiger partial charge in [0.15, 0.2) is 11.5 Å². The zero-order valence-corrected chi connectivity index (χ0v) is 13.9. The Hall–Kier alpha value is -3.36. The highest BCUT2D eigenvalue weighted by Gasteiger charge is 2.23. The van der Waals surface area contributed by atoms with Gasteiger partial charge in [-0.05, 0) is 36.4 Å². The molecule has 8 nitrogen and oxygen atoms in total. The highest BCUT2D eigenvalue weighted by Crippen LogP contribution is 2.17. The van der Waals surface area contributed by atoms with Crippen molar-refractivity contribution in [2.24, 2.45) is 0 Å². The van der Waals surface area contributed by atoms with E-state index in [1.807, 2.05) is 0 Å². The van der Waals surface area contributed by atoms with Crippen molar-refractivity contribution in [3.05, 3.63) is 60.6 Å². The van der Waals surface area contributed by atoms with E-state index in [1.54, 1.807) is 29.2 Å². The van der Waals surface area contributed by atoms with E-state index in [4.69, 9.17) is 0 Å². The minimum Gasteiger partial charge on any atom is -0.368 e. The van der Waals surface area contributed by atoms with Crippen LogP contribution in [0.15, 0.2) is 49.1 Å². The van der Waals surface area contributed by atoms with Gasteiger partial charge in [-0.15, -0.1) is 10.2 Å². The summed E-state index contributed by atoms with van der Waals surface area (Å²) in [5.41, 5.74) is 1.25. The lowest BCUT2D eigenvalue weighted by atomic mass is 10.2. The lowest BCUT2D eigenvalue weighted by Crippen LogP contribution is -2.49. The Bertz CT molecular complexity index is 872. The van der Waals surface area contributed by atoms with Crippen LogP contribution in [-0.4, -0.2) is 61.9 Å². The van der Waals surface area contributed by atoms with Crippen LogP contribution >= 0.6 is 0 Å². The molecule has 1 saturated heterocycles. The van der Waals surface area contributed by atoms with Gasteiger partial charge >= 0.3 is 0 Å². The topological polar surface area (TPSA) is 80.0 Å². The minimum absolute atomic E-state index is 0.151. The second-order valence-corrected chi connectivity index (χ2v) is 5.87. The third-order valence-corrected chi connectivity index (χ3v) is 4.28. The Balaban J connectivity index is 1.39. The molecule has 26 heavy (non-hydrogen) atoms. The molecule has 2 aromatic heterocycles. The fourth-order valence-corrected chi connectivity index (χ4v) is 2.87. The minimum atomic E-state index is -0.254. The number of carbonyl (C=O) groups excluding carboxylic acids is 1. The largest absolute Gasteiger partial charge is 0.368 e. The molecule has 0 spiro atoms. The molecule has 0 unspecified atom stereocenters. The fourth-order valence-electron chi connectivity index (χ4n) is 2.87. The molecule has 0 saturated carbocycles. The summed E-state index contributed by atoms with van der Waals surface area (Å²) in [5.74, 6) is 0.0945. The first kappa shape index (κ1) is 16.1. The van der Waals surface area contributed by atoms with E-state index in [1.165, 1.54) is 29.5 Å². The molecule has 0 N–H and O–H groups in total. The summed E-state index contributed by atoms with van der Waals surface area (Å²) in [6, 6.07) is 9.71. The van der Waals surface area contributed by atoms with Crippen molar-refractivity contribution in [1.82, 2.24) is 29.9 Å². The Labute approximate surface area is 148 Å². The second-order valence-electron chi connectivity index (χ2n) is 5.87. The maximum atomic E-state index is 13.0. The van der Waals surface area contributed by atoms with Crippen molar-refractivity contribution < 1.29 is 9.18 Å². The van der Waals surface area contributed by atoms with Crippen molar-refractivity contribution in [2.45, 2.75) is 0 Å². The van der Waals surface area contributed by atoms with Crippen molar-refractivity contribution in [3.8, 4) is 5.82 Å². The summed E-state index contributed by atoms with van der Waals surface area (Å²) in [6.07, 6.45) is 2.92. The predicted molar refractivity (Wildman–Crippen MR) is 91.5 cm³/mol. The lowest BCUT2D eigenvalue weighted by molar-refractivity contribution is 0.0739. The number of rotatable bonds is 3. The van der Waals surface area contributed by atoms with Crippen LogP contribution < -0.4 is 4.90 Å². The number of hydrogen-bond acceptors (Lipinski definition) is 6. The number of hydrogen-bond donors (Lipinski definition) is 0. The summed E-state index contributed by atoms with van der Waals surface area (Å²) in [6.45, 7) is 2.51. The number of aromatic nitrogens is 5. The zero-order valence-electron chi connectivity index (χ0n) is 13.9. The summed E-state index contributed by atoms with van der Waals surface area (Å²) >= 11 is 0. The maximum Gasteiger partial charge on any atom is 0.274 e. The van der Waals surface area contributed by atoms with Crippen molar-refractivity contribution in [1.29, 1.82) is 0 Å². The van der Waals surface area contributed by atoms with Gasteiger partial charge in [0, 0.05) is 31.9 Å². The zero-order chi connectivity index (χ0) is 17.9. The normalized spacial score (nSPS) is 14.5. The highest BCUT2D eigenvalue weighted by molar-refractivity contribution is 5.92. The van der Waals surface area contributed by atoms with Crippen LogP contribution in [0, 0.1) is 5.82 Å². The van der Waals surface area contributed by atoms with E-state index < -0.39 is 0 Å². The molecule has 0 aliphatic carbocycles. The molecule has 1 aliphatic heterocycles. The van der Waals surface area contributed by atoms with Crippen molar-refractivity contribution >= 4 is 11.6 Å². The standard InChI is InChI=1S/C17H16FN7O/c18-13-1-3-14(4-2-13)23-7-9-24(10-8-23)17(26)15-5-6-16(22-21-15)25-12-19-11-20-25/h1-6,11-12H,7-10H2. The first-order chi connectivity index (χ1) is 12.7. The maximum absolute atomic E-state index is 13.0. The van der Waals surface area contributed by atoms with E-state index in [0.29, 0.717) is 37.7 Å². The number of benzene rings is 1. The molecular formula is C17H16FN7O. The SMILES string of the molecule is O=C(c1ccc(-n2cncn2)nn1)N1CCN(c2ccc(F)cc2)CC1. The van der Waals surface area contributed by atoms with Crippen LogP contribution in [0.25, 0.3) is 5.82 Å². The van der Waals surface area contributed by atoms with Gasteiger partial charge in [0.2, 0.25) is 0 Å². The van der Waals surface area contributed by atoms with Gasteiger partial charge in [-0.1, -0.05) is 0 Å². The van der Waals surface area contributed by atoms with Gasteiger partial charge < -0.3 is 9.80 Å². The average molecular weight is 353 g/mol. The van der Waals surface area contributed by atoms with Crippen LogP contribution in [0.4, 0.5) is 10.1 Å². The third-order valence-electron chi connectivity index (χ3n) is 4.28. The number of piperazine rings is 1. The molecule has 0 atom stereocenters.